The molecule has 1 N–H and O–H groups in total. The van der Waals surface area contributed by atoms with Crippen LogP contribution in [0.4, 0.5) is 13.2 Å². The van der Waals surface area contributed by atoms with Crippen molar-refractivity contribution in [2.45, 2.75) is 22.5 Å². The van der Waals surface area contributed by atoms with E-state index in [1.54, 1.807) is 23.0 Å². The highest BCUT2D eigenvalue weighted by atomic mass is 35.5. The molecule has 12 heteroatoms. The molecule has 1 amide bonds. The number of imidazole rings is 1. The molecule has 2 aromatic heterocycles. The minimum atomic E-state index is -4.90. The lowest BCUT2D eigenvalue weighted by Gasteiger charge is -2.14. The van der Waals surface area contributed by atoms with E-state index in [0.29, 0.717) is 23.0 Å². The topological polar surface area (TPSA) is 93.4 Å². The van der Waals surface area contributed by atoms with Gasteiger partial charge in [0.15, 0.2) is 0 Å². The van der Waals surface area contributed by atoms with Gasteiger partial charge in [0.2, 0.25) is 15.6 Å². The van der Waals surface area contributed by atoms with Crippen LogP contribution in [0, 0.1) is 0 Å². The van der Waals surface area contributed by atoms with E-state index in [0.717, 1.165) is 12.1 Å². The standard InChI is InChI=1S/C21H14ClF3N4O3S/c22-15-3-6-18(17(9-15)21(23,24)25)33(31,32)16-4-1-13(2-5-16)10-27-19(30)14-11-28-20-26-7-8-29(20)12-14/h1-9,11-12H,10H2,(H,27,30). The zero-order valence-corrected chi connectivity index (χ0v) is 18.1. The highest BCUT2D eigenvalue weighted by Crippen LogP contribution is 2.37. The maximum atomic E-state index is 13.3. The van der Waals surface area contributed by atoms with Gasteiger partial charge in [0.1, 0.15) is 0 Å². The molecule has 4 aromatic rings. The molecule has 0 spiro atoms. The number of benzene rings is 2. The van der Waals surface area contributed by atoms with Gasteiger partial charge < -0.3 is 5.32 Å². The smallest absolute Gasteiger partial charge is 0.348 e. The number of hydrogen-bond donors (Lipinski definition) is 1. The summed E-state index contributed by atoms with van der Waals surface area (Å²) < 4.78 is 67.3. The quantitative estimate of drug-likeness (QED) is 0.449. The minimum absolute atomic E-state index is 0.0653. The SMILES string of the molecule is O=C(NCc1ccc(S(=O)(=O)c2ccc(Cl)cc2C(F)(F)F)cc1)c1cnc2nccn2c1. The van der Waals surface area contributed by atoms with Gasteiger partial charge in [-0.1, -0.05) is 23.7 Å². The average molecular weight is 495 g/mol. The molecule has 0 aliphatic rings. The van der Waals surface area contributed by atoms with E-state index < -0.39 is 32.4 Å². The molecule has 2 heterocycles. The third kappa shape index (κ3) is 4.69. The highest BCUT2D eigenvalue weighted by Gasteiger charge is 2.37. The molecule has 0 saturated heterocycles. The number of aromatic nitrogens is 3. The third-order valence-electron chi connectivity index (χ3n) is 4.73. The van der Waals surface area contributed by atoms with Crippen LogP contribution < -0.4 is 5.32 Å². The maximum absolute atomic E-state index is 13.3. The number of amides is 1. The normalized spacial score (nSPS) is 12.1. The Balaban J connectivity index is 1.52. The van der Waals surface area contributed by atoms with Crippen molar-refractivity contribution in [1.29, 1.82) is 0 Å². The Morgan fingerprint density at radius 2 is 1.82 bits per heavy atom. The first kappa shape index (κ1) is 22.7. The summed E-state index contributed by atoms with van der Waals surface area (Å²) in [7, 11) is -4.46. The molecule has 0 atom stereocenters. The van der Waals surface area contributed by atoms with Crippen LogP contribution in [0.1, 0.15) is 21.5 Å². The third-order valence-corrected chi connectivity index (χ3v) is 6.79. The first-order valence-electron chi connectivity index (χ1n) is 9.33. The Labute approximate surface area is 190 Å². The Morgan fingerprint density at radius 1 is 1.09 bits per heavy atom. The summed E-state index contributed by atoms with van der Waals surface area (Å²) in [4.78, 5) is 19.2. The van der Waals surface area contributed by atoms with Crippen molar-refractivity contribution in [1.82, 2.24) is 19.7 Å². The van der Waals surface area contributed by atoms with Crippen LogP contribution >= 0.6 is 11.6 Å². The molecule has 0 unspecified atom stereocenters. The lowest BCUT2D eigenvalue weighted by molar-refractivity contribution is -0.139. The van der Waals surface area contributed by atoms with Crippen LogP contribution in [0.3, 0.4) is 0 Å². The predicted octanol–water partition coefficient (Wildman–Crippen LogP) is 4.16. The first-order chi connectivity index (χ1) is 15.6. The van der Waals surface area contributed by atoms with Gasteiger partial charge in [-0.05, 0) is 35.9 Å². The van der Waals surface area contributed by atoms with Crippen molar-refractivity contribution in [3.05, 3.63) is 89.0 Å². The number of alkyl halides is 3. The van der Waals surface area contributed by atoms with E-state index in [4.69, 9.17) is 11.6 Å². The zero-order chi connectivity index (χ0) is 23.8. The highest BCUT2D eigenvalue weighted by molar-refractivity contribution is 7.91. The maximum Gasteiger partial charge on any atom is 0.417 e. The number of nitrogens with one attached hydrogen (secondary N) is 1. The van der Waals surface area contributed by atoms with E-state index in [-0.39, 0.29) is 16.5 Å². The first-order valence-corrected chi connectivity index (χ1v) is 11.2. The van der Waals surface area contributed by atoms with E-state index >= 15 is 0 Å². The fraction of sp³-hybridized carbons (Fsp3) is 0.0952. The number of sulfone groups is 1. The molecule has 0 radical (unpaired) electrons. The summed E-state index contributed by atoms with van der Waals surface area (Å²) in [5.74, 6) is 0.0310. The van der Waals surface area contributed by atoms with Crippen LogP contribution in [0.25, 0.3) is 5.78 Å². The summed E-state index contributed by atoms with van der Waals surface area (Å²) in [6.07, 6.45) is 1.22. The van der Waals surface area contributed by atoms with Crippen molar-refractivity contribution in [2.24, 2.45) is 0 Å². The number of carbonyl (C=O) groups is 1. The summed E-state index contributed by atoms with van der Waals surface area (Å²) in [5, 5.41) is 2.44. The Hall–Kier alpha value is -3.44. The lowest BCUT2D eigenvalue weighted by Crippen LogP contribution is -2.23. The molecule has 4 rings (SSSR count). The molecule has 170 valence electrons. The molecular formula is C21H14ClF3N4O3S. The van der Waals surface area contributed by atoms with Crippen molar-refractivity contribution in [2.75, 3.05) is 0 Å². The van der Waals surface area contributed by atoms with Crippen LogP contribution in [0.15, 0.2) is 77.0 Å². The van der Waals surface area contributed by atoms with Gasteiger partial charge >= 0.3 is 6.18 Å². The van der Waals surface area contributed by atoms with E-state index in [2.05, 4.69) is 15.3 Å². The van der Waals surface area contributed by atoms with Crippen LogP contribution in [-0.4, -0.2) is 28.7 Å². The Morgan fingerprint density at radius 3 is 2.52 bits per heavy atom. The van der Waals surface area contributed by atoms with Gasteiger partial charge in [-0.25, -0.2) is 18.4 Å². The van der Waals surface area contributed by atoms with Crippen molar-refractivity contribution < 1.29 is 26.4 Å². The van der Waals surface area contributed by atoms with Crippen molar-refractivity contribution >= 4 is 33.1 Å². The van der Waals surface area contributed by atoms with E-state index in [1.165, 1.54) is 30.5 Å². The Bertz CT molecular complexity index is 1450. The van der Waals surface area contributed by atoms with Gasteiger partial charge in [-0.15, -0.1) is 0 Å². The van der Waals surface area contributed by atoms with Crippen molar-refractivity contribution in [3.63, 3.8) is 0 Å². The van der Waals surface area contributed by atoms with Crippen LogP contribution in [0.2, 0.25) is 5.02 Å². The number of fused-ring (bicyclic) bond motifs is 1. The lowest BCUT2D eigenvalue weighted by atomic mass is 10.2. The van der Waals surface area contributed by atoms with Crippen LogP contribution in [-0.2, 0) is 22.6 Å². The number of halogens is 4. The molecule has 7 nitrogen and oxygen atoms in total. The zero-order valence-electron chi connectivity index (χ0n) is 16.5. The van der Waals surface area contributed by atoms with Gasteiger partial charge in [-0.3, -0.25) is 9.20 Å². The van der Waals surface area contributed by atoms with E-state index in [1.807, 2.05) is 0 Å². The largest absolute Gasteiger partial charge is 0.417 e. The number of carbonyl (C=O) groups excluding carboxylic acids is 1. The minimum Gasteiger partial charge on any atom is -0.348 e. The number of hydrogen-bond acceptors (Lipinski definition) is 5. The Kier molecular flexibility index (Phi) is 5.85. The summed E-state index contributed by atoms with van der Waals surface area (Å²) >= 11 is 5.63. The second-order valence-corrected chi connectivity index (χ2v) is 9.30. The van der Waals surface area contributed by atoms with Crippen molar-refractivity contribution in [3.8, 4) is 0 Å². The molecule has 0 bridgehead atoms. The number of rotatable bonds is 5. The fourth-order valence-electron chi connectivity index (χ4n) is 3.09. The van der Waals surface area contributed by atoms with Gasteiger partial charge in [0.25, 0.3) is 5.91 Å². The number of nitrogens with zero attached hydrogens (tertiary/aromatic N) is 3. The summed E-state index contributed by atoms with van der Waals surface area (Å²) in [5.41, 5.74) is -0.497. The van der Waals surface area contributed by atoms with Gasteiger partial charge in [-0.2, -0.15) is 13.2 Å². The monoisotopic (exact) mass is 494 g/mol. The molecule has 0 fully saturated rings. The average Bonchev–Trinajstić information content (AvgIpc) is 3.25. The molecule has 0 saturated carbocycles. The van der Waals surface area contributed by atoms with E-state index in [9.17, 15) is 26.4 Å². The molecule has 2 aromatic carbocycles. The fourth-order valence-corrected chi connectivity index (χ4v) is 4.72. The molecule has 0 aliphatic carbocycles. The van der Waals surface area contributed by atoms with Gasteiger partial charge in [0.05, 0.1) is 20.9 Å². The van der Waals surface area contributed by atoms with Crippen LogP contribution in [0.5, 0.6) is 0 Å². The predicted molar refractivity (Wildman–Crippen MR) is 113 cm³/mol. The second-order valence-electron chi connectivity index (χ2n) is 6.95. The molecular weight excluding hydrogens is 481 g/mol. The van der Waals surface area contributed by atoms with Gasteiger partial charge in [0, 0.05) is 36.4 Å². The second kappa shape index (κ2) is 8.49. The summed E-state index contributed by atoms with van der Waals surface area (Å²) in [6, 6.07) is 7.69. The summed E-state index contributed by atoms with van der Waals surface area (Å²) in [6.45, 7) is 0.0653. The molecule has 0 aliphatic heterocycles. The molecule has 33 heavy (non-hydrogen) atoms.